The molecular weight excluding hydrogens is 276 g/mol. The fraction of sp³-hybridized carbons (Fsp3) is 0.222. The Hall–Kier alpha value is -2.62. The van der Waals surface area contributed by atoms with Crippen molar-refractivity contribution in [2.45, 2.75) is 20.4 Å². The van der Waals surface area contributed by atoms with Gasteiger partial charge in [-0.2, -0.15) is 0 Å². The van der Waals surface area contributed by atoms with E-state index in [1.54, 1.807) is 25.8 Å². The summed E-state index contributed by atoms with van der Waals surface area (Å²) in [5.74, 6) is 0.497. The van der Waals surface area contributed by atoms with Gasteiger partial charge < -0.3 is 9.42 Å². The molecule has 0 spiro atoms. The van der Waals surface area contributed by atoms with Crippen LogP contribution in [0.2, 0.25) is 0 Å². The van der Waals surface area contributed by atoms with Crippen molar-refractivity contribution in [3.05, 3.63) is 65.0 Å². The molecule has 0 unspecified atom stereocenters. The second-order valence-electron chi connectivity index (χ2n) is 5.50. The summed E-state index contributed by atoms with van der Waals surface area (Å²) in [5, 5.41) is 6.20. The zero-order valence-corrected chi connectivity index (χ0v) is 13.0. The lowest BCUT2D eigenvalue weighted by Crippen LogP contribution is -2.27. The lowest BCUT2D eigenvalue weighted by Gasteiger charge is -2.18. The molecule has 0 saturated heterocycles. The van der Waals surface area contributed by atoms with E-state index < -0.39 is 0 Å². The van der Waals surface area contributed by atoms with E-state index in [1.807, 2.05) is 18.2 Å². The highest BCUT2D eigenvalue weighted by Crippen LogP contribution is 2.21. The Morgan fingerprint density at radius 1 is 1.14 bits per heavy atom. The Balaban J connectivity index is 1.90. The average Bonchev–Trinajstić information content (AvgIpc) is 2.86. The van der Waals surface area contributed by atoms with Gasteiger partial charge in [-0.1, -0.05) is 47.6 Å². The quantitative estimate of drug-likeness (QED) is 0.739. The van der Waals surface area contributed by atoms with Crippen molar-refractivity contribution in [3.63, 3.8) is 0 Å². The summed E-state index contributed by atoms with van der Waals surface area (Å²) < 4.78 is 5.09. The summed E-state index contributed by atoms with van der Waals surface area (Å²) in [5.41, 5.74) is 2.32. The summed E-state index contributed by atoms with van der Waals surface area (Å²) in [6.07, 6.45) is 0. The lowest BCUT2D eigenvalue weighted by atomic mass is 10.0. The van der Waals surface area contributed by atoms with Crippen molar-refractivity contribution in [3.8, 4) is 0 Å². The van der Waals surface area contributed by atoms with Crippen LogP contribution in [0.25, 0.3) is 10.8 Å². The van der Waals surface area contributed by atoms with E-state index in [-0.39, 0.29) is 5.91 Å². The van der Waals surface area contributed by atoms with E-state index in [1.165, 1.54) is 10.8 Å². The Morgan fingerprint density at radius 2 is 1.86 bits per heavy atom. The Morgan fingerprint density at radius 3 is 2.59 bits per heavy atom. The SMILES string of the molecule is Cc1noc(C)c1C(=O)N(C)Cc1cccc2ccccc12. The molecule has 112 valence electrons. The number of benzene rings is 2. The molecule has 4 heteroatoms. The number of carbonyl (C=O) groups excluding carboxylic acids is 1. The average molecular weight is 294 g/mol. The molecule has 0 bridgehead atoms. The van der Waals surface area contributed by atoms with Crippen LogP contribution in [0.5, 0.6) is 0 Å². The fourth-order valence-corrected chi connectivity index (χ4v) is 2.74. The van der Waals surface area contributed by atoms with Gasteiger partial charge in [-0.3, -0.25) is 4.79 Å². The second kappa shape index (κ2) is 5.64. The molecule has 3 aromatic rings. The van der Waals surface area contributed by atoms with E-state index in [2.05, 4.69) is 29.4 Å². The van der Waals surface area contributed by atoms with Crippen LogP contribution in [0.1, 0.15) is 27.4 Å². The van der Waals surface area contributed by atoms with Crippen molar-refractivity contribution in [1.82, 2.24) is 10.1 Å². The molecule has 0 aliphatic carbocycles. The molecule has 22 heavy (non-hydrogen) atoms. The van der Waals surface area contributed by atoms with E-state index in [0.29, 0.717) is 23.6 Å². The fourth-order valence-electron chi connectivity index (χ4n) is 2.74. The van der Waals surface area contributed by atoms with E-state index >= 15 is 0 Å². The molecule has 4 nitrogen and oxygen atoms in total. The highest BCUT2D eigenvalue weighted by atomic mass is 16.5. The monoisotopic (exact) mass is 294 g/mol. The number of hydrogen-bond donors (Lipinski definition) is 0. The minimum absolute atomic E-state index is 0.0656. The second-order valence-corrected chi connectivity index (χ2v) is 5.50. The first-order valence-electron chi connectivity index (χ1n) is 7.23. The molecule has 0 saturated carbocycles. The van der Waals surface area contributed by atoms with Crippen molar-refractivity contribution in [2.75, 3.05) is 7.05 Å². The number of fused-ring (bicyclic) bond motifs is 1. The van der Waals surface area contributed by atoms with Gasteiger partial charge in [0.2, 0.25) is 0 Å². The number of rotatable bonds is 3. The molecule has 0 radical (unpaired) electrons. The zero-order valence-electron chi connectivity index (χ0n) is 13.0. The van der Waals surface area contributed by atoms with E-state index in [4.69, 9.17) is 4.52 Å². The molecule has 1 aromatic heterocycles. The van der Waals surface area contributed by atoms with Crippen molar-refractivity contribution in [1.29, 1.82) is 0 Å². The van der Waals surface area contributed by atoms with Gasteiger partial charge >= 0.3 is 0 Å². The molecule has 0 fully saturated rings. The number of hydrogen-bond acceptors (Lipinski definition) is 3. The minimum atomic E-state index is -0.0656. The zero-order chi connectivity index (χ0) is 15.7. The molecule has 0 aliphatic rings. The predicted molar refractivity (Wildman–Crippen MR) is 85.7 cm³/mol. The standard InChI is InChI=1S/C18H18N2O2/c1-12-17(13(2)22-19-12)18(21)20(3)11-15-9-6-8-14-7-4-5-10-16(14)15/h4-10H,11H2,1-3H3. The smallest absolute Gasteiger partial charge is 0.259 e. The van der Waals surface area contributed by atoms with Crippen LogP contribution in [0.15, 0.2) is 47.0 Å². The molecule has 2 aromatic carbocycles. The summed E-state index contributed by atoms with van der Waals surface area (Å²) in [6.45, 7) is 4.10. The van der Waals surface area contributed by atoms with Crippen molar-refractivity contribution in [2.24, 2.45) is 0 Å². The van der Waals surface area contributed by atoms with E-state index in [9.17, 15) is 4.79 Å². The largest absolute Gasteiger partial charge is 0.361 e. The highest BCUT2D eigenvalue weighted by Gasteiger charge is 2.21. The van der Waals surface area contributed by atoms with Crippen molar-refractivity contribution >= 4 is 16.7 Å². The maximum Gasteiger partial charge on any atom is 0.259 e. The maximum absolute atomic E-state index is 12.6. The Labute approximate surface area is 129 Å². The van der Waals surface area contributed by atoms with Crippen molar-refractivity contribution < 1.29 is 9.32 Å². The van der Waals surface area contributed by atoms with Crippen LogP contribution >= 0.6 is 0 Å². The molecule has 0 N–H and O–H groups in total. The number of amides is 1. The number of aryl methyl sites for hydroxylation is 2. The molecule has 3 rings (SSSR count). The number of carbonyl (C=O) groups is 1. The topological polar surface area (TPSA) is 46.3 Å². The van der Waals surface area contributed by atoms with Crippen LogP contribution in [-0.4, -0.2) is 23.0 Å². The number of aromatic nitrogens is 1. The summed E-state index contributed by atoms with van der Waals surface area (Å²) in [4.78, 5) is 14.3. The predicted octanol–water partition coefficient (Wildman–Crippen LogP) is 3.72. The molecule has 0 atom stereocenters. The highest BCUT2D eigenvalue weighted by molar-refractivity contribution is 5.96. The van der Waals surface area contributed by atoms with Crippen LogP contribution in [-0.2, 0) is 6.54 Å². The van der Waals surface area contributed by atoms with Gasteiger partial charge in [0.05, 0.1) is 5.69 Å². The lowest BCUT2D eigenvalue weighted by molar-refractivity contribution is 0.0783. The third-order valence-corrected chi connectivity index (χ3v) is 3.88. The normalized spacial score (nSPS) is 10.9. The third kappa shape index (κ3) is 2.48. The summed E-state index contributed by atoms with van der Waals surface area (Å²) >= 11 is 0. The van der Waals surface area contributed by atoms with Gasteiger partial charge in [0.15, 0.2) is 0 Å². The van der Waals surface area contributed by atoms with Gasteiger partial charge in [0.25, 0.3) is 5.91 Å². The Kier molecular flexibility index (Phi) is 3.67. The molecular formula is C18H18N2O2. The van der Waals surface area contributed by atoms with Gasteiger partial charge in [-0.15, -0.1) is 0 Å². The van der Waals surface area contributed by atoms with Gasteiger partial charge in [0.1, 0.15) is 11.3 Å². The first-order chi connectivity index (χ1) is 10.6. The maximum atomic E-state index is 12.6. The van der Waals surface area contributed by atoms with E-state index in [0.717, 1.165) is 5.56 Å². The van der Waals surface area contributed by atoms with Gasteiger partial charge in [-0.05, 0) is 30.2 Å². The first-order valence-corrected chi connectivity index (χ1v) is 7.23. The first kappa shape index (κ1) is 14.3. The third-order valence-electron chi connectivity index (χ3n) is 3.88. The van der Waals surface area contributed by atoms with Crippen LogP contribution in [0.4, 0.5) is 0 Å². The molecule has 0 aliphatic heterocycles. The number of nitrogens with zero attached hydrogens (tertiary/aromatic N) is 2. The van der Waals surface area contributed by atoms with Crippen LogP contribution < -0.4 is 0 Å². The van der Waals surface area contributed by atoms with Gasteiger partial charge in [-0.25, -0.2) is 0 Å². The van der Waals surface area contributed by atoms with Crippen LogP contribution in [0.3, 0.4) is 0 Å². The van der Waals surface area contributed by atoms with Crippen LogP contribution in [0, 0.1) is 13.8 Å². The Bertz CT molecular complexity index is 811. The minimum Gasteiger partial charge on any atom is -0.361 e. The summed E-state index contributed by atoms with van der Waals surface area (Å²) in [7, 11) is 1.80. The summed E-state index contributed by atoms with van der Waals surface area (Å²) in [6, 6.07) is 14.3. The molecule has 1 amide bonds. The molecule has 1 heterocycles. The van der Waals surface area contributed by atoms with Gasteiger partial charge in [0, 0.05) is 13.6 Å².